The van der Waals surface area contributed by atoms with Gasteiger partial charge in [-0.15, -0.1) is 5.10 Å². The van der Waals surface area contributed by atoms with Crippen molar-refractivity contribution in [2.75, 3.05) is 0 Å². The monoisotopic (exact) mass is 350 g/mol. The lowest BCUT2D eigenvalue weighted by atomic mass is 10.1. The van der Waals surface area contributed by atoms with Crippen LogP contribution in [-0.4, -0.2) is 21.1 Å². The van der Waals surface area contributed by atoms with E-state index in [0.29, 0.717) is 22.8 Å². The summed E-state index contributed by atoms with van der Waals surface area (Å²) in [6, 6.07) is 8.10. The van der Waals surface area contributed by atoms with Crippen LogP contribution in [0.4, 0.5) is 8.78 Å². The van der Waals surface area contributed by atoms with Crippen molar-refractivity contribution in [2.24, 2.45) is 0 Å². The fraction of sp³-hybridized carbons (Fsp3) is 0.188. The summed E-state index contributed by atoms with van der Waals surface area (Å²) in [7, 11) is 0. The Morgan fingerprint density at radius 1 is 1.29 bits per heavy atom. The average Bonchev–Trinajstić information content (AvgIpc) is 2.94. The third kappa shape index (κ3) is 3.35. The Morgan fingerprint density at radius 2 is 2.08 bits per heavy atom. The van der Waals surface area contributed by atoms with Crippen LogP contribution in [0.1, 0.15) is 24.7 Å². The van der Waals surface area contributed by atoms with Gasteiger partial charge in [-0.25, -0.2) is 8.78 Å². The number of carbonyl (C=O) groups is 1. The summed E-state index contributed by atoms with van der Waals surface area (Å²) < 4.78 is 25.1. The van der Waals surface area contributed by atoms with Crippen molar-refractivity contribution in [3.05, 3.63) is 46.7 Å². The summed E-state index contributed by atoms with van der Waals surface area (Å²) in [5, 5.41) is 11.3. The van der Waals surface area contributed by atoms with Crippen molar-refractivity contribution >= 4 is 28.4 Å². The number of hydrogen-bond acceptors (Lipinski definition) is 3. The topological polar surface area (TPSA) is 70.7 Å². The van der Waals surface area contributed by atoms with Crippen molar-refractivity contribution in [3.63, 3.8) is 0 Å². The highest BCUT2D eigenvalue weighted by atomic mass is 35.5. The zero-order valence-electron chi connectivity index (χ0n) is 12.6. The number of nitrogens with one attached hydrogen (secondary N) is 2. The smallest absolute Gasteiger partial charge is 0.282 e. The van der Waals surface area contributed by atoms with Gasteiger partial charge in [-0.2, -0.15) is 5.10 Å². The second kappa shape index (κ2) is 6.52. The number of aromatic amines is 1. The Bertz CT molecular complexity index is 893. The SMILES string of the molecule is CC(=O)NCc1cc2cc(Cl)c(-c3ccc(C(F)F)nn3)cc2[nH]1. The summed E-state index contributed by atoms with van der Waals surface area (Å²) in [4.78, 5) is 14.2. The minimum absolute atomic E-state index is 0.123. The van der Waals surface area contributed by atoms with E-state index in [1.807, 2.05) is 6.07 Å². The van der Waals surface area contributed by atoms with Crippen LogP contribution < -0.4 is 5.32 Å². The second-order valence-electron chi connectivity index (χ2n) is 5.27. The molecule has 0 saturated carbocycles. The van der Waals surface area contributed by atoms with E-state index in [2.05, 4.69) is 20.5 Å². The number of nitrogens with zero attached hydrogens (tertiary/aromatic N) is 2. The molecule has 2 aromatic heterocycles. The highest BCUT2D eigenvalue weighted by molar-refractivity contribution is 6.34. The number of benzene rings is 1. The Balaban J connectivity index is 1.96. The molecule has 0 fully saturated rings. The average molecular weight is 351 g/mol. The molecule has 3 rings (SSSR count). The summed E-state index contributed by atoms with van der Waals surface area (Å²) in [6.07, 6.45) is -2.66. The number of H-pyrrole nitrogens is 1. The number of alkyl halides is 2. The number of halogens is 3. The molecule has 0 saturated heterocycles. The summed E-state index contributed by atoms with van der Waals surface area (Å²) in [5.41, 5.74) is 2.24. The zero-order valence-corrected chi connectivity index (χ0v) is 13.4. The van der Waals surface area contributed by atoms with Crippen LogP contribution in [0.5, 0.6) is 0 Å². The maximum atomic E-state index is 12.6. The van der Waals surface area contributed by atoms with E-state index in [4.69, 9.17) is 11.6 Å². The summed E-state index contributed by atoms with van der Waals surface area (Å²) >= 11 is 6.28. The minimum atomic E-state index is -2.66. The Labute approximate surface area is 141 Å². The first kappa shape index (κ1) is 16.3. The van der Waals surface area contributed by atoms with Crippen LogP contribution in [0.2, 0.25) is 5.02 Å². The fourth-order valence-electron chi connectivity index (χ4n) is 2.33. The number of fused-ring (bicyclic) bond motifs is 1. The van der Waals surface area contributed by atoms with Crippen LogP contribution in [0, 0.1) is 0 Å². The molecule has 2 N–H and O–H groups in total. The molecule has 8 heteroatoms. The molecule has 0 spiro atoms. The van der Waals surface area contributed by atoms with Crippen LogP contribution in [0.25, 0.3) is 22.2 Å². The van der Waals surface area contributed by atoms with E-state index in [0.717, 1.165) is 16.6 Å². The Morgan fingerprint density at radius 3 is 2.71 bits per heavy atom. The maximum Gasteiger partial charge on any atom is 0.282 e. The van der Waals surface area contributed by atoms with Gasteiger partial charge in [-0.05, 0) is 30.3 Å². The van der Waals surface area contributed by atoms with E-state index in [1.165, 1.54) is 19.1 Å². The first-order chi connectivity index (χ1) is 11.4. The zero-order chi connectivity index (χ0) is 17.3. The molecule has 1 amide bonds. The third-order valence-corrected chi connectivity index (χ3v) is 3.79. The van der Waals surface area contributed by atoms with Gasteiger partial charge in [0.15, 0.2) is 0 Å². The number of rotatable bonds is 4. The van der Waals surface area contributed by atoms with Gasteiger partial charge in [-0.3, -0.25) is 4.79 Å². The lowest BCUT2D eigenvalue weighted by Gasteiger charge is -2.05. The van der Waals surface area contributed by atoms with Gasteiger partial charge in [0, 0.05) is 29.1 Å². The molecule has 0 aliphatic rings. The molecular weight excluding hydrogens is 338 g/mol. The normalized spacial score (nSPS) is 11.2. The van der Waals surface area contributed by atoms with Crippen molar-refractivity contribution in [1.82, 2.24) is 20.5 Å². The molecular formula is C16H13ClF2N4O. The van der Waals surface area contributed by atoms with Crippen LogP contribution in [-0.2, 0) is 11.3 Å². The number of amides is 1. The first-order valence-electron chi connectivity index (χ1n) is 7.12. The molecule has 0 aliphatic heterocycles. The molecule has 0 radical (unpaired) electrons. The van der Waals surface area contributed by atoms with Gasteiger partial charge >= 0.3 is 0 Å². The highest BCUT2D eigenvalue weighted by Gasteiger charge is 2.13. The molecule has 1 aromatic carbocycles. The van der Waals surface area contributed by atoms with Gasteiger partial charge in [0.1, 0.15) is 5.69 Å². The minimum Gasteiger partial charge on any atom is -0.357 e. The van der Waals surface area contributed by atoms with E-state index >= 15 is 0 Å². The van der Waals surface area contributed by atoms with E-state index < -0.39 is 6.43 Å². The quantitative estimate of drug-likeness (QED) is 0.750. The largest absolute Gasteiger partial charge is 0.357 e. The molecule has 5 nitrogen and oxygen atoms in total. The van der Waals surface area contributed by atoms with Crippen molar-refractivity contribution in [3.8, 4) is 11.3 Å². The molecule has 0 aliphatic carbocycles. The lowest BCUT2D eigenvalue weighted by Crippen LogP contribution is -2.18. The van der Waals surface area contributed by atoms with E-state index in [-0.39, 0.29) is 11.6 Å². The number of hydrogen-bond donors (Lipinski definition) is 2. The predicted molar refractivity (Wildman–Crippen MR) is 86.8 cm³/mol. The van der Waals surface area contributed by atoms with Gasteiger partial charge in [0.25, 0.3) is 6.43 Å². The highest BCUT2D eigenvalue weighted by Crippen LogP contribution is 2.31. The molecule has 0 atom stereocenters. The fourth-order valence-corrected chi connectivity index (χ4v) is 2.60. The van der Waals surface area contributed by atoms with Gasteiger partial charge < -0.3 is 10.3 Å². The Kier molecular flexibility index (Phi) is 4.44. The van der Waals surface area contributed by atoms with Gasteiger partial charge in [-0.1, -0.05) is 11.6 Å². The number of aromatic nitrogens is 3. The standard InChI is InChI=1S/C16H13ClF2N4O/c1-8(24)20-7-10-4-9-5-12(17)11(6-15(9)21-10)13-2-3-14(16(18)19)23-22-13/h2-6,16,21H,7H2,1H3,(H,20,24). The lowest BCUT2D eigenvalue weighted by molar-refractivity contribution is -0.119. The van der Waals surface area contributed by atoms with Crippen LogP contribution in [0.15, 0.2) is 30.3 Å². The molecule has 24 heavy (non-hydrogen) atoms. The number of carbonyl (C=O) groups excluding carboxylic acids is 1. The van der Waals surface area contributed by atoms with Crippen molar-refractivity contribution < 1.29 is 13.6 Å². The molecule has 2 heterocycles. The molecule has 124 valence electrons. The second-order valence-corrected chi connectivity index (χ2v) is 5.67. The van der Waals surface area contributed by atoms with Crippen LogP contribution in [0.3, 0.4) is 0 Å². The van der Waals surface area contributed by atoms with Crippen LogP contribution >= 0.6 is 11.6 Å². The van der Waals surface area contributed by atoms with Crippen molar-refractivity contribution in [2.45, 2.75) is 19.9 Å². The molecule has 0 unspecified atom stereocenters. The van der Waals surface area contributed by atoms with E-state index in [1.54, 1.807) is 12.1 Å². The van der Waals surface area contributed by atoms with Crippen molar-refractivity contribution in [1.29, 1.82) is 0 Å². The molecule has 0 bridgehead atoms. The Hall–Kier alpha value is -2.54. The maximum absolute atomic E-state index is 12.6. The summed E-state index contributed by atoms with van der Waals surface area (Å²) in [6.45, 7) is 1.82. The van der Waals surface area contributed by atoms with E-state index in [9.17, 15) is 13.6 Å². The summed E-state index contributed by atoms with van der Waals surface area (Å²) in [5.74, 6) is -0.123. The first-order valence-corrected chi connectivity index (χ1v) is 7.49. The van der Waals surface area contributed by atoms with Gasteiger partial charge in [0.05, 0.1) is 17.3 Å². The predicted octanol–water partition coefficient (Wildman–Crippen LogP) is 3.85. The molecule has 3 aromatic rings. The third-order valence-electron chi connectivity index (χ3n) is 3.48. The van der Waals surface area contributed by atoms with Gasteiger partial charge in [0.2, 0.25) is 5.91 Å².